The van der Waals surface area contributed by atoms with Gasteiger partial charge < -0.3 is 15.5 Å². The molecule has 1 aliphatic heterocycles. The molecule has 3 rings (SSSR count). The predicted octanol–water partition coefficient (Wildman–Crippen LogP) is 2.80. The van der Waals surface area contributed by atoms with Gasteiger partial charge in [-0.2, -0.15) is 0 Å². The fourth-order valence-corrected chi connectivity index (χ4v) is 3.92. The summed E-state index contributed by atoms with van der Waals surface area (Å²) in [7, 11) is 0. The van der Waals surface area contributed by atoms with Gasteiger partial charge in [0, 0.05) is 31.2 Å². The van der Waals surface area contributed by atoms with E-state index in [1.165, 1.54) is 0 Å². The SMILES string of the molecule is CC(C)CCNC(=O)C1CCN(C(=O)c2nnc(C(=O)Nc3ccccc3)s2)CC1. The third-order valence-corrected chi connectivity index (χ3v) is 5.92. The molecular formula is C21H27N5O3S. The molecule has 0 spiro atoms. The van der Waals surface area contributed by atoms with E-state index in [1.807, 2.05) is 18.2 Å². The van der Waals surface area contributed by atoms with Crippen LogP contribution in [0.1, 0.15) is 52.7 Å². The lowest BCUT2D eigenvalue weighted by atomic mass is 9.95. The molecule has 160 valence electrons. The summed E-state index contributed by atoms with van der Waals surface area (Å²) in [4.78, 5) is 39.0. The number of para-hydroxylation sites is 1. The number of anilines is 1. The van der Waals surface area contributed by atoms with Crippen LogP contribution in [0, 0.1) is 11.8 Å². The molecule has 0 radical (unpaired) electrons. The number of carbonyl (C=O) groups excluding carboxylic acids is 3. The van der Waals surface area contributed by atoms with E-state index in [0.29, 0.717) is 44.1 Å². The molecule has 3 amide bonds. The van der Waals surface area contributed by atoms with Crippen LogP contribution in [0.5, 0.6) is 0 Å². The number of carbonyl (C=O) groups is 3. The lowest BCUT2D eigenvalue weighted by Crippen LogP contribution is -2.43. The first-order valence-corrected chi connectivity index (χ1v) is 11.0. The number of rotatable bonds is 7. The van der Waals surface area contributed by atoms with Crippen molar-refractivity contribution >= 4 is 34.7 Å². The van der Waals surface area contributed by atoms with Crippen LogP contribution in [0.3, 0.4) is 0 Å². The van der Waals surface area contributed by atoms with Crippen molar-refractivity contribution < 1.29 is 14.4 Å². The van der Waals surface area contributed by atoms with E-state index in [0.717, 1.165) is 17.8 Å². The van der Waals surface area contributed by atoms with Gasteiger partial charge in [-0.05, 0) is 37.3 Å². The van der Waals surface area contributed by atoms with E-state index >= 15 is 0 Å². The summed E-state index contributed by atoms with van der Waals surface area (Å²) < 4.78 is 0. The van der Waals surface area contributed by atoms with E-state index in [9.17, 15) is 14.4 Å². The molecule has 2 aromatic rings. The molecule has 0 unspecified atom stereocenters. The van der Waals surface area contributed by atoms with Crippen LogP contribution in [0.2, 0.25) is 0 Å². The topological polar surface area (TPSA) is 104 Å². The number of hydrogen-bond acceptors (Lipinski definition) is 6. The van der Waals surface area contributed by atoms with Crippen molar-refractivity contribution in [3.63, 3.8) is 0 Å². The monoisotopic (exact) mass is 429 g/mol. The molecule has 1 fully saturated rings. The van der Waals surface area contributed by atoms with Crippen LogP contribution in [-0.4, -0.2) is 52.5 Å². The maximum atomic E-state index is 12.7. The normalized spacial score (nSPS) is 14.6. The average molecular weight is 430 g/mol. The Morgan fingerprint density at radius 1 is 1.10 bits per heavy atom. The highest BCUT2D eigenvalue weighted by Gasteiger charge is 2.29. The van der Waals surface area contributed by atoms with Gasteiger partial charge in [0.1, 0.15) is 0 Å². The van der Waals surface area contributed by atoms with E-state index in [1.54, 1.807) is 17.0 Å². The molecular weight excluding hydrogens is 402 g/mol. The fourth-order valence-electron chi connectivity index (χ4n) is 3.22. The highest BCUT2D eigenvalue weighted by molar-refractivity contribution is 7.15. The van der Waals surface area contributed by atoms with Crippen molar-refractivity contribution in [3.05, 3.63) is 40.3 Å². The summed E-state index contributed by atoms with van der Waals surface area (Å²) >= 11 is 0.978. The number of aromatic nitrogens is 2. The molecule has 0 atom stereocenters. The van der Waals surface area contributed by atoms with E-state index < -0.39 is 5.91 Å². The Morgan fingerprint density at radius 3 is 2.43 bits per heavy atom. The number of hydrogen-bond donors (Lipinski definition) is 2. The van der Waals surface area contributed by atoms with Crippen LogP contribution >= 0.6 is 11.3 Å². The van der Waals surface area contributed by atoms with Crippen molar-refractivity contribution in [2.24, 2.45) is 11.8 Å². The third kappa shape index (κ3) is 5.85. The Morgan fingerprint density at radius 2 is 1.77 bits per heavy atom. The summed E-state index contributed by atoms with van der Waals surface area (Å²) in [5.74, 6) is -0.0860. The Kier molecular flexibility index (Phi) is 7.51. The maximum Gasteiger partial charge on any atom is 0.286 e. The lowest BCUT2D eigenvalue weighted by molar-refractivity contribution is -0.126. The summed E-state index contributed by atoms with van der Waals surface area (Å²) in [5.41, 5.74) is 0.652. The smallest absolute Gasteiger partial charge is 0.286 e. The summed E-state index contributed by atoms with van der Waals surface area (Å²) in [5, 5.41) is 13.8. The van der Waals surface area contributed by atoms with E-state index in [4.69, 9.17) is 0 Å². The van der Waals surface area contributed by atoms with Gasteiger partial charge in [-0.15, -0.1) is 10.2 Å². The van der Waals surface area contributed by atoms with Crippen LogP contribution in [0.25, 0.3) is 0 Å². The zero-order chi connectivity index (χ0) is 21.5. The fraction of sp³-hybridized carbons (Fsp3) is 0.476. The summed E-state index contributed by atoms with van der Waals surface area (Å²) in [6, 6.07) is 9.04. The zero-order valence-electron chi connectivity index (χ0n) is 17.3. The number of likely N-dealkylation sites (tertiary alicyclic amines) is 1. The number of amides is 3. The van der Waals surface area contributed by atoms with E-state index in [2.05, 4.69) is 34.7 Å². The summed E-state index contributed by atoms with van der Waals surface area (Å²) in [6.07, 6.45) is 2.21. The molecule has 2 N–H and O–H groups in total. The molecule has 2 heterocycles. The Hall–Kier alpha value is -2.81. The molecule has 0 saturated carbocycles. The third-order valence-electron chi connectivity index (χ3n) is 5.01. The second-order valence-electron chi connectivity index (χ2n) is 7.77. The molecule has 1 saturated heterocycles. The molecule has 1 aromatic heterocycles. The minimum atomic E-state index is -0.394. The standard InChI is InChI=1S/C21H27N5O3S/c1-14(2)8-11-22-17(27)15-9-12-26(13-10-15)21(29)20-25-24-19(30-20)18(28)23-16-6-4-3-5-7-16/h3-7,14-15H,8-13H2,1-2H3,(H,22,27)(H,23,28). The van der Waals surface area contributed by atoms with Crippen LogP contribution < -0.4 is 10.6 Å². The number of nitrogens with zero attached hydrogens (tertiary/aromatic N) is 3. The lowest BCUT2D eigenvalue weighted by Gasteiger charge is -2.30. The van der Waals surface area contributed by atoms with E-state index in [-0.39, 0.29) is 27.7 Å². The van der Waals surface area contributed by atoms with Crippen LogP contribution in [0.4, 0.5) is 5.69 Å². The molecule has 8 nitrogen and oxygen atoms in total. The van der Waals surface area contributed by atoms with Gasteiger partial charge in [0.25, 0.3) is 11.8 Å². The van der Waals surface area contributed by atoms with Gasteiger partial charge in [-0.25, -0.2) is 0 Å². The minimum absolute atomic E-state index is 0.0668. The molecule has 9 heteroatoms. The second-order valence-corrected chi connectivity index (χ2v) is 8.75. The molecule has 0 bridgehead atoms. The largest absolute Gasteiger partial charge is 0.356 e. The predicted molar refractivity (Wildman–Crippen MR) is 115 cm³/mol. The zero-order valence-corrected chi connectivity index (χ0v) is 18.1. The highest BCUT2D eigenvalue weighted by atomic mass is 32.1. The summed E-state index contributed by atoms with van der Waals surface area (Å²) in [6.45, 7) is 5.92. The molecule has 1 aliphatic rings. The Labute approximate surface area is 180 Å². The van der Waals surface area contributed by atoms with Gasteiger partial charge in [-0.3, -0.25) is 14.4 Å². The van der Waals surface area contributed by atoms with Gasteiger partial charge in [0.05, 0.1) is 0 Å². The molecule has 30 heavy (non-hydrogen) atoms. The van der Waals surface area contributed by atoms with Crippen LogP contribution in [-0.2, 0) is 4.79 Å². The van der Waals surface area contributed by atoms with Gasteiger partial charge in [0.2, 0.25) is 15.9 Å². The van der Waals surface area contributed by atoms with Crippen molar-refractivity contribution in [3.8, 4) is 0 Å². The quantitative estimate of drug-likeness (QED) is 0.704. The van der Waals surface area contributed by atoms with Gasteiger partial charge in [-0.1, -0.05) is 43.4 Å². The minimum Gasteiger partial charge on any atom is -0.356 e. The van der Waals surface area contributed by atoms with Crippen LogP contribution in [0.15, 0.2) is 30.3 Å². The molecule has 1 aromatic carbocycles. The van der Waals surface area contributed by atoms with Crippen molar-refractivity contribution in [2.75, 3.05) is 25.0 Å². The first kappa shape index (κ1) is 21.9. The second kappa shape index (κ2) is 10.3. The maximum absolute atomic E-state index is 12.7. The highest BCUT2D eigenvalue weighted by Crippen LogP contribution is 2.21. The number of nitrogens with one attached hydrogen (secondary N) is 2. The van der Waals surface area contributed by atoms with Gasteiger partial charge >= 0.3 is 0 Å². The Bertz CT molecular complexity index is 876. The average Bonchev–Trinajstić information content (AvgIpc) is 3.24. The molecule has 0 aliphatic carbocycles. The van der Waals surface area contributed by atoms with Crippen molar-refractivity contribution in [2.45, 2.75) is 33.1 Å². The van der Waals surface area contributed by atoms with Crippen molar-refractivity contribution in [1.82, 2.24) is 20.4 Å². The first-order valence-electron chi connectivity index (χ1n) is 10.2. The first-order chi connectivity index (χ1) is 14.4. The van der Waals surface area contributed by atoms with Gasteiger partial charge in [0.15, 0.2) is 0 Å². The number of piperidine rings is 1. The Balaban J connectivity index is 1.49. The number of benzene rings is 1. The van der Waals surface area contributed by atoms with Crippen molar-refractivity contribution in [1.29, 1.82) is 0 Å².